The van der Waals surface area contributed by atoms with Gasteiger partial charge in [0, 0.05) is 35.7 Å². The molecule has 2 N–H and O–H groups in total. The summed E-state index contributed by atoms with van der Waals surface area (Å²) in [6.45, 7) is 0.737. The number of alkyl halides is 2. The number of hydrogen-bond donors (Lipinski definition) is 2. The van der Waals surface area contributed by atoms with Crippen molar-refractivity contribution >= 4 is 46.8 Å². The van der Waals surface area contributed by atoms with Crippen LogP contribution in [0.3, 0.4) is 0 Å². The lowest BCUT2D eigenvalue weighted by Crippen LogP contribution is -2.42. The van der Waals surface area contributed by atoms with Gasteiger partial charge in [-0.05, 0) is 84.6 Å². The molecule has 2 unspecified atom stereocenters. The fourth-order valence-corrected chi connectivity index (χ4v) is 5.17. The molecule has 6 rings (SSSR count). The van der Waals surface area contributed by atoms with Crippen LogP contribution >= 0.6 is 23.2 Å². The van der Waals surface area contributed by atoms with E-state index in [1.54, 1.807) is 0 Å². The lowest BCUT2D eigenvalue weighted by atomic mass is 9.85. The fraction of sp³-hybridized carbons (Fsp3) is 0.154. The molecule has 2 aromatic heterocycles. The molecule has 0 spiro atoms. The van der Waals surface area contributed by atoms with Crippen molar-refractivity contribution in [2.45, 2.75) is 9.87 Å². The smallest absolute Gasteiger partial charge is 0.181 e. The Morgan fingerprint density at radius 1 is 0.909 bits per heavy atom. The number of nitrogens with zero attached hydrogens (tertiary/aromatic N) is 3. The fourth-order valence-electron chi connectivity index (χ4n) is 4.44. The minimum atomic E-state index is -1.22. The predicted molar refractivity (Wildman–Crippen MR) is 136 cm³/mol. The minimum absolute atomic E-state index is 0.727. The normalized spacial score (nSPS) is 27.5. The van der Waals surface area contributed by atoms with E-state index in [1.165, 1.54) is 0 Å². The monoisotopic (exact) mass is 473 g/mol. The van der Waals surface area contributed by atoms with Gasteiger partial charge < -0.3 is 14.9 Å². The Morgan fingerprint density at radius 2 is 1.76 bits per heavy atom. The largest absolute Gasteiger partial charge is 0.377 e. The highest BCUT2D eigenvalue weighted by Gasteiger charge is 2.54. The van der Waals surface area contributed by atoms with Gasteiger partial charge in [0.15, 0.2) is 9.87 Å². The average molecular weight is 474 g/mol. The van der Waals surface area contributed by atoms with Gasteiger partial charge in [-0.15, -0.1) is 11.6 Å². The highest BCUT2D eigenvalue weighted by Crippen LogP contribution is 2.53. The van der Waals surface area contributed by atoms with E-state index >= 15 is 0 Å². The number of H-pyrrole nitrogens is 2. The highest BCUT2D eigenvalue weighted by atomic mass is 35.5. The van der Waals surface area contributed by atoms with Gasteiger partial charge >= 0.3 is 0 Å². The highest BCUT2D eigenvalue weighted by molar-refractivity contribution is 6.38. The number of hydrogen-bond acceptors (Lipinski definition) is 3. The number of halogens is 2. The molecular formula is C26H21Cl2N5. The summed E-state index contributed by atoms with van der Waals surface area (Å²) in [6.07, 6.45) is 19.8. The Morgan fingerprint density at radius 3 is 2.58 bits per heavy atom. The molecule has 8 bridgehead atoms. The summed E-state index contributed by atoms with van der Waals surface area (Å²) in [5.74, 6) is 0. The first kappa shape index (κ1) is 20.3. The van der Waals surface area contributed by atoms with Crippen molar-refractivity contribution in [1.82, 2.24) is 14.9 Å². The van der Waals surface area contributed by atoms with Crippen LogP contribution in [0.1, 0.15) is 11.4 Å². The number of aromatic amines is 2. The van der Waals surface area contributed by atoms with Gasteiger partial charge in [0.1, 0.15) is 0 Å². The number of fused-ring (bicyclic) bond motifs is 6. The van der Waals surface area contributed by atoms with Crippen LogP contribution in [0, 0.1) is 0 Å². The number of likely N-dealkylation sites (N-methyl/N-ethyl adjacent to an activating group) is 1. The molecule has 0 radical (unpaired) electrons. The Labute approximate surface area is 201 Å². The topological polar surface area (TPSA) is 59.5 Å². The molecule has 2 aromatic rings. The Kier molecular flexibility index (Phi) is 4.54. The summed E-state index contributed by atoms with van der Waals surface area (Å²) in [7, 11) is 2.02. The second-order valence-electron chi connectivity index (χ2n) is 8.54. The average Bonchev–Trinajstić information content (AvgIpc) is 3.58. The zero-order valence-corrected chi connectivity index (χ0v) is 19.4. The first-order chi connectivity index (χ1) is 15.9. The molecular weight excluding hydrogens is 453 g/mol. The standard InChI is InChI=1S/C26H21Cl2N5/c1-33-12-9-17(10-13-33)26(28)24-7-6-22(31-24)15-20-3-2-18(29-20)14-19-4-5-21(30-19)16-23-8-11-25(26,27)32-23/h2-12,14-16,29,31H,13H2,1H3. The zero-order valence-electron chi connectivity index (χ0n) is 17.9. The lowest BCUT2D eigenvalue weighted by Gasteiger charge is -2.38. The zero-order chi connectivity index (χ0) is 22.6. The van der Waals surface area contributed by atoms with Crippen molar-refractivity contribution in [3.8, 4) is 0 Å². The summed E-state index contributed by atoms with van der Waals surface area (Å²) in [6, 6.07) is 8.07. The summed E-state index contributed by atoms with van der Waals surface area (Å²) >= 11 is 14.7. The van der Waals surface area contributed by atoms with Crippen molar-refractivity contribution in [3.05, 3.63) is 106 Å². The maximum atomic E-state index is 7.50. The summed E-state index contributed by atoms with van der Waals surface area (Å²) in [5, 5.41) is 1.95. The third-order valence-electron chi connectivity index (χ3n) is 6.16. The van der Waals surface area contributed by atoms with Gasteiger partial charge in [0.2, 0.25) is 0 Å². The predicted octanol–water partition coefficient (Wildman–Crippen LogP) is 3.63. The first-order valence-electron chi connectivity index (χ1n) is 10.7. The summed E-state index contributed by atoms with van der Waals surface area (Å²) < 4.78 is 0. The Bertz CT molecular complexity index is 1490. The van der Waals surface area contributed by atoms with E-state index in [2.05, 4.69) is 20.9 Å². The molecule has 0 amide bonds. The Balaban J connectivity index is 1.59. The van der Waals surface area contributed by atoms with Crippen molar-refractivity contribution < 1.29 is 0 Å². The van der Waals surface area contributed by atoms with Crippen molar-refractivity contribution in [2.24, 2.45) is 9.98 Å². The minimum Gasteiger partial charge on any atom is -0.377 e. The quantitative estimate of drug-likeness (QED) is 0.482. The third-order valence-corrected chi connectivity index (χ3v) is 7.46. The maximum Gasteiger partial charge on any atom is 0.181 e. The number of nitrogens with one attached hydrogen (secondary N) is 2. The molecule has 0 saturated heterocycles. The first-order valence-corrected chi connectivity index (χ1v) is 11.5. The second-order valence-corrected chi connectivity index (χ2v) is 9.68. The van der Waals surface area contributed by atoms with Gasteiger partial charge in [-0.3, -0.25) is 4.99 Å². The van der Waals surface area contributed by atoms with E-state index in [9.17, 15) is 0 Å². The second kappa shape index (κ2) is 7.37. The van der Waals surface area contributed by atoms with Crippen LogP contribution in [0.15, 0.2) is 94.3 Å². The molecule has 5 nitrogen and oxygen atoms in total. The van der Waals surface area contributed by atoms with Crippen LogP contribution in [0.5, 0.6) is 0 Å². The van der Waals surface area contributed by atoms with E-state index in [0.29, 0.717) is 0 Å². The Hall–Kier alpha value is -3.28. The van der Waals surface area contributed by atoms with Gasteiger partial charge in [0.05, 0.1) is 17.1 Å². The van der Waals surface area contributed by atoms with E-state index in [4.69, 9.17) is 33.2 Å². The van der Waals surface area contributed by atoms with Gasteiger partial charge in [-0.2, -0.15) is 0 Å². The summed E-state index contributed by atoms with van der Waals surface area (Å²) in [4.78, 5) is 16.2. The molecule has 0 fully saturated rings. The molecule has 6 heterocycles. The summed E-state index contributed by atoms with van der Waals surface area (Å²) in [5.41, 5.74) is 5.00. The number of aliphatic imine (C=N–C) groups is 2. The van der Waals surface area contributed by atoms with E-state index in [-0.39, 0.29) is 0 Å². The van der Waals surface area contributed by atoms with Crippen LogP contribution in [0.2, 0.25) is 0 Å². The number of aromatic nitrogens is 2. The molecule has 4 aliphatic rings. The molecule has 2 atom stereocenters. The lowest BCUT2D eigenvalue weighted by molar-refractivity contribution is 0.487. The van der Waals surface area contributed by atoms with Gasteiger partial charge in [0.25, 0.3) is 0 Å². The van der Waals surface area contributed by atoms with Crippen LogP contribution in [0.25, 0.3) is 12.2 Å². The molecule has 164 valence electrons. The van der Waals surface area contributed by atoms with E-state index < -0.39 is 9.87 Å². The molecule has 33 heavy (non-hydrogen) atoms. The molecule has 7 heteroatoms. The maximum absolute atomic E-state index is 7.50. The van der Waals surface area contributed by atoms with Crippen LogP contribution in [-0.2, 0) is 4.87 Å². The van der Waals surface area contributed by atoms with Crippen LogP contribution in [-0.4, -0.2) is 44.9 Å². The molecule has 4 aliphatic heterocycles. The van der Waals surface area contributed by atoms with Crippen molar-refractivity contribution in [1.29, 1.82) is 0 Å². The van der Waals surface area contributed by atoms with Crippen molar-refractivity contribution in [2.75, 3.05) is 13.6 Å². The van der Waals surface area contributed by atoms with Crippen molar-refractivity contribution in [3.63, 3.8) is 0 Å². The molecule has 0 aliphatic carbocycles. The molecule has 0 aromatic carbocycles. The van der Waals surface area contributed by atoms with Crippen LogP contribution < -0.4 is 10.7 Å². The van der Waals surface area contributed by atoms with E-state index in [1.807, 2.05) is 86.1 Å². The van der Waals surface area contributed by atoms with E-state index in [0.717, 1.165) is 51.3 Å². The van der Waals surface area contributed by atoms with Gasteiger partial charge in [-0.25, -0.2) is 4.99 Å². The van der Waals surface area contributed by atoms with Crippen LogP contribution in [0.4, 0.5) is 0 Å². The third kappa shape index (κ3) is 3.39. The number of rotatable bonds is 1. The SMILES string of the molecule is CN1C=CC(C2(Cl)c3ccc([nH]3)C=c3ccc([nH]3)=CC3=NC(=CC4=NC2(Cl)C=C4)C=C3)=CC1. The molecule has 0 saturated carbocycles. The van der Waals surface area contributed by atoms with Gasteiger partial charge in [-0.1, -0.05) is 17.7 Å². The number of allylic oxidation sites excluding steroid dienone is 5.